The van der Waals surface area contributed by atoms with Crippen molar-refractivity contribution in [2.24, 2.45) is 0 Å². The zero-order valence-corrected chi connectivity index (χ0v) is 18.1. The molecule has 6 heteroatoms. The Kier molecular flexibility index (Phi) is 6.37. The number of likely N-dealkylation sites (tertiary alicyclic amines) is 1. The molecule has 0 saturated carbocycles. The van der Waals surface area contributed by atoms with E-state index in [1.165, 1.54) is 6.42 Å². The quantitative estimate of drug-likeness (QED) is 0.657. The molecule has 162 valence electrons. The lowest BCUT2D eigenvalue weighted by atomic mass is 9.94. The number of aryl methyl sites for hydroxylation is 1. The van der Waals surface area contributed by atoms with Crippen molar-refractivity contribution in [1.82, 2.24) is 14.5 Å². The molecule has 0 spiro atoms. The molecule has 1 saturated heterocycles. The van der Waals surface area contributed by atoms with Gasteiger partial charge in [-0.25, -0.2) is 0 Å². The number of rotatable bonds is 6. The van der Waals surface area contributed by atoms with Crippen LogP contribution in [0.25, 0.3) is 0 Å². The third-order valence-corrected chi connectivity index (χ3v) is 6.05. The van der Waals surface area contributed by atoms with Crippen molar-refractivity contribution in [3.05, 3.63) is 87.6 Å². The van der Waals surface area contributed by atoms with Crippen LogP contribution in [-0.4, -0.2) is 39.8 Å². The summed E-state index contributed by atoms with van der Waals surface area (Å²) in [6, 6.07) is 13.0. The topological polar surface area (TPSA) is 67.6 Å². The van der Waals surface area contributed by atoms with Gasteiger partial charge in [-0.3, -0.25) is 14.7 Å². The van der Waals surface area contributed by atoms with Crippen molar-refractivity contribution >= 4 is 0 Å². The highest BCUT2D eigenvalue weighted by Gasteiger charge is 2.30. The Labute approximate surface area is 182 Å². The number of nitrogens with zero attached hydrogens (tertiary/aromatic N) is 3. The molecule has 0 amide bonds. The van der Waals surface area contributed by atoms with Gasteiger partial charge < -0.3 is 14.4 Å². The molecule has 0 bridgehead atoms. The summed E-state index contributed by atoms with van der Waals surface area (Å²) in [5, 5.41) is 10.9. The molecule has 1 atom stereocenters. The smallest absolute Gasteiger partial charge is 0.259 e. The maximum absolute atomic E-state index is 13.7. The molecule has 6 nitrogen and oxygen atoms in total. The number of aromatic nitrogens is 2. The molecule has 2 aromatic heterocycles. The summed E-state index contributed by atoms with van der Waals surface area (Å²) in [5.41, 5.74) is 2.92. The predicted octanol–water partition coefficient (Wildman–Crippen LogP) is 3.89. The van der Waals surface area contributed by atoms with Crippen LogP contribution in [0.4, 0.5) is 0 Å². The molecule has 1 aromatic carbocycles. The fraction of sp³-hybridized carbons (Fsp3) is 0.360. The largest absolute Gasteiger partial charge is 0.507 e. The van der Waals surface area contributed by atoms with Gasteiger partial charge in [0.25, 0.3) is 5.56 Å². The molecule has 1 fully saturated rings. The molecule has 1 N–H and O–H groups in total. The van der Waals surface area contributed by atoms with Crippen LogP contribution >= 0.6 is 0 Å². The lowest BCUT2D eigenvalue weighted by Gasteiger charge is -2.35. The third-order valence-electron chi connectivity index (χ3n) is 6.05. The molecule has 31 heavy (non-hydrogen) atoms. The van der Waals surface area contributed by atoms with Gasteiger partial charge in [-0.1, -0.05) is 24.6 Å². The molecule has 3 heterocycles. The Morgan fingerprint density at radius 1 is 1.13 bits per heavy atom. The minimum absolute atomic E-state index is 0.0522. The third kappa shape index (κ3) is 4.49. The van der Waals surface area contributed by atoms with Gasteiger partial charge >= 0.3 is 0 Å². The number of aromatic hydroxyl groups is 1. The van der Waals surface area contributed by atoms with E-state index in [0.717, 1.165) is 48.5 Å². The number of hydrogen-bond donors (Lipinski definition) is 1. The average molecular weight is 420 g/mol. The molecule has 0 radical (unpaired) electrons. The number of methoxy groups -OCH3 is 1. The van der Waals surface area contributed by atoms with E-state index in [-0.39, 0.29) is 17.4 Å². The monoisotopic (exact) mass is 419 g/mol. The molecule has 1 aliphatic heterocycles. The molecular weight excluding hydrogens is 390 g/mol. The lowest BCUT2D eigenvalue weighted by molar-refractivity contribution is 0.183. The van der Waals surface area contributed by atoms with Gasteiger partial charge in [0.1, 0.15) is 11.5 Å². The van der Waals surface area contributed by atoms with Crippen LogP contribution in [0, 0.1) is 6.92 Å². The van der Waals surface area contributed by atoms with Crippen LogP contribution in [0.3, 0.4) is 0 Å². The van der Waals surface area contributed by atoms with Crippen LogP contribution in [-0.2, 0) is 6.54 Å². The summed E-state index contributed by atoms with van der Waals surface area (Å²) in [4.78, 5) is 20.2. The van der Waals surface area contributed by atoms with Crippen LogP contribution in [0.15, 0.2) is 59.7 Å². The fourth-order valence-corrected chi connectivity index (χ4v) is 4.42. The number of hydrogen-bond acceptors (Lipinski definition) is 5. The van der Waals surface area contributed by atoms with Gasteiger partial charge in [0.2, 0.25) is 0 Å². The minimum atomic E-state index is -0.306. The van der Waals surface area contributed by atoms with Gasteiger partial charge in [0.05, 0.1) is 25.3 Å². The van der Waals surface area contributed by atoms with Crippen molar-refractivity contribution < 1.29 is 9.84 Å². The molecule has 1 aliphatic rings. The maximum atomic E-state index is 13.7. The van der Waals surface area contributed by atoms with Crippen molar-refractivity contribution in [3.8, 4) is 11.5 Å². The Balaban J connectivity index is 1.83. The van der Waals surface area contributed by atoms with E-state index in [2.05, 4.69) is 9.88 Å². The van der Waals surface area contributed by atoms with E-state index < -0.39 is 0 Å². The first-order chi connectivity index (χ1) is 15.1. The average Bonchev–Trinajstić information content (AvgIpc) is 2.81. The van der Waals surface area contributed by atoms with Gasteiger partial charge in [-0.05, 0) is 68.2 Å². The number of benzene rings is 1. The number of ether oxygens (including phenoxy) is 1. The first kappa shape index (κ1) is 21.1. The van der Waals surface area contributed by atoms with Crippen molar-refractivity contribution in [3.63, 3.8) is 0 Å². The molecular formula is C25H29N3O3. The Morgan fingerprint density at radius 3 is 2.52 bits per heavy atom. The van der Waals surface area contributed by atoms with E-state index in [0.29, 0.717) is 12.1 Å². The summed E-state index contributed by atoms with van der Waals surface area (Å²) in [7, 11) is 1.64. The number of piperidine rings is 1. The summed E-state index contributed by atoms with van der Waals surface area (Å²) in [5.74, 6) is 0.819. The standard InChI is InChI=1S/C25H29N3O3/c1-18-15-22(29)23(25(30)28(18)17-19-7-6-12-26-16-19)24(27-13-4-3-5-14-27)20-8-10-21(31-2)11-9-20/h6-12,15-16,24,29H,3-5,13-14,17H2,1-2H3/t24-/m1/s1. The summed E-state index contributed by atoms with van der Waals surface area (Å²) >= 11 is 0. The summed E-state index contributed by atoms with van der Waals surface area (Å²) < 4.78 is 7.04. The zero-order valence-electron chi connectivity index (χ0n) is 18.1. The van der Waals surface area contributed by atoms with Crippen LogP contribution in [0.1, 0.15) is 47.7 Å². The van der Waals surface area contributed by atoms with Gasteiger partial charge in [-0.2, -0.15) is 0 Å². The van der Waals surface area contributed by atoms with Crippen LogP contribution in [0.2, 0.25) is 0 Å². The first-order valence-corrected chi connectivity index (χ1v) is 10.8. The second kappa shape index (κ2) is 9.35. The van der Waals surface area contributed by atoms with E-state index in [1.54, 1.807) is 30.1 Å². The summed E-state index contributed by atoms with van der Waals surface area (Å²) in [6.07, 6.45) is 6.85. The summed E-state index contributed by atoms with van der Waals surface area (Å²) in [6.45, 7) is 4.06. The zero-order chi connectivity index (χ0) is 21.8. The Morgan fingerprint density at radius 2 is 1.87 bits per heavy atom. The van der Waals surface area contributed by atoms with Crippen molar-refractivity contribution in [2.45, 2.75) is 38.8 Å². The highest BCUT2D eigenvalue weighted by atomic mass is 16.5. The highest BCUT2D eigenvalue weighted by Crippen LogP contribution is 2.35. The van der Waals surface area contributed by atoms with Gasteiger partial charge in [-0.15, -0.1) is 0 Å². The van der Waals surface area contributed by atoms with E-state index in [4.69, 9.17) is 4.74 Å². The lowest BCUT2D eigenvalue weighted by Crippen LogP contribution is -2.38. The first-order valence-electron chi connectivity index (χ1n) is 10.8. The SMILES string of the molecule is COc1ccc([C@H](c2c(O)cc(C)n(Cc3cccnc3)c2=O)N2CCCCC2)cc1. The van der Waals surface area contributed by atoms with Crippen molar-refractivity contribution in [1.29, 1.82) is 0 Å². The number of pyridine rings is 2. The van der Waals surface area contributed by atoms with Crippen LogP contribution in [0.5, 0.6) is 11.5 Å². The fourth-order valence-electron chi connectivity index (χ4n) is 4.42. The van der Waals surface area contributed by atoms with E-state index in [1.807, 2.05) is 43.3 Å². The van der Waals surface area contributed by atoms with E-state index in [9.17, 15) is 9.90 Å². The molecule has 4 rings (SSSR count). The normalized spacial score (nSPS) is 15.5. The Bertz CT molecular complexity index is 1070. The van der Waals surface area contributed by atoms with Crippen molar-refractivity contribution in [2.75, 3.05) is 20.2 Å². The second-order valence-corrected chi connectivity index (χ2v) is 8.11. The van der Waals surface area contributed by atoms with Crippen LogP contribution < -0.4 is 10.3 Å². The predicted molar refractivity (Wildman–Crippen MR) is 121 cm³/mol. The van der Waals surface area contributed by atoms with E-state index >= 15 is 0 Å². The minimum Gasteiger partial charge on any atom is -0.507 e. The maximum Gasteiger partial charge on any atom is 0.259 e. The van der Waals surface area contributed by atoms with Gasteiger partial charge in [0.15, 0.2) is 0 Å². The molecule has 3 aromatic rings. The molecule has 0 aliphatic carbocycles. The highest BCUT2D eigenvalue weighted by molar-refractivity contribution is 5.42. The second-order valence-electron chi connectivity index (χ2n) is 8.11. The van der Waals surface area contributed by atoms with Gasteiger partial charge in [0, 0.05) is 18.1 Å². The molecule has 0 unspecified atom stereocenters. The Hall–Kier alpha value is -3.12.